The molecule has 0 unspecified atom stereocenters. The highest BCUT2D eigenvalue weighted by molar-refractivity contribution is 5.85. The summed E-state index contributed by atoms with van der Waals surface area (Å²) in [5, 5.41) is 7.01. The molecule has 24 heavy (non-hydrogen) atoms. The first kappa shape index (κ1) is 18.7. The van der Waals surface area contributed by atoms with Crippen molar-refractivity contribution in [1.82, 2.24) is 10.6 Å². The van der Waals surface area contributed by atoms with Crippen LogP contribution >= 0.6 is 12.4 Å². The van der Waals surface area contributed by atoms with Crippen molar-refractivity contribution in [3.05, 3.63) is 35.3 Å². The van der Waals surface area contributed by atoms with Gasteiger partial charge in [-0.25, -0.2) is 4.39 Å². The second kappa shape index (κ2) is 8.49. The first-order valence-corrected chi connectivity index (χ1v) is 8.28. The molecule has 6 heteroatoms. The van der Waals surface area contributed by atoms with Gasteiger partial charge in [-0.05, 0) is 63.4 Å². The van der Waals surface area contributed by atoms with Gasteiger partial charge in [-0.15, -0.1) is 12.4 Å². The molecule has 1 aliphatic rings. The second-order valence-corrected chi connectivity index (χ2v) is 6.30. The third kappa shape index (κ3) is 4.48. The minimum atomic E-state index is -0.279. The fraction of sp³-hybridized carbons (Fsp3) is 0.500. The van der Waals surface area contributed by atoms with E-state index in [0.717, 1.165) is 43.3 Å². The van der Waals surface area contributed by atoms with Crippen LogP contribution in [0.1, 0.15) is 37.0 Å². The van der Waals surface area contributed by atoms with E-state index < -0.39 is 0 Å². The van der Waals surface area contributed by atoms with E-state index in [-0.39, 0.29) is 24.1 Å². The predicted octanol–water partition coefficient (Wildman–Crippen LogP) is 3.70. The van der Waals surface area contributed by atoms with E-state index in [2.05, 4.69) is 10.6 Å². The van der Waals surface area contributed by atoms with Crippen LogP contribution in [-0.2, 0) is 11.3 Å². The lowest BCUT2D eigenvalue weighted by Crippen LogP contribution is -2.29. The Morgan fingerprint density at radius 3 is 2.88 bits per heavy atom. The summed E-state index contributed by atoms with van der Waals surface area (Å²) < 4.78 is 19.0. The number of halogens is 2. The molecule has 4 nitrogen and oxygen atoms in total. The Labute approximate surface area is 147 Å². The Kier molecular flexibility index (Phi) is 6.63. The maximum atomic E-state index is 13.3. The van der Waals surface area contributed by atoms with Crippen molar-refractivity contribution >= 4 is 29.3 Å². The average Bonchev–Trinajstić information content (AvgIpc) is 2.88. The Morgan fingerprint density at radius 2 is 2.12 bits per heavy atom. The lowest BCUT2D eigenvalue weighted by atomic mass is 9.93. The molecule has 0 spiro atoms. The van der Waals surface area contributed by atoms with Gasteiger partial charge >= 0.3 is 0 Å². The maximum Gasteiger partial charge on any atom is 0.220 e. The van der Waals surface area contributed by atoms with Crippen molar-refractivity contribution in [2.75, 3.05) is 13.1 Å². The third-order valence-corrected chi connectivity index (χ3v) is 4.68. The van der Waals surface area contributed by atoms with Crippen LogP contribution < -0.4 is 10.6 Å². The third-order valence-electron chi connectivity index (χ3n) is 4.68. The largest absolute Gasteiger partial charge is 0.459 e. The molecule has 2 aromatic rings. The van der Waals surface area contributed by atoms with Gasteiger partial charge in [0, 0.05) is 17.4 Å². The zero-order valence-electron chi connectivity index (χ0n) is 13.9. The van der Waals surface area contributed by atoms with Gasteiger partial charge in [0.2, 0.25) is 5.91 Å². The van der Waals surface area contributed by atoms with Crippen molar-refractivity contribution in [2.24, 2.45) is 5.92 Å². The number of carbonyl (C=O) groups is 1. The quantitative estimate of drug-likeness (QED) is 0.860. The van der Waals surface area contributed by atoms with Crippen molar-refractivity contribution in [2.45, 2.75) is 39.2 Å². The Morgan fingerprint density at radius 1 is 1.38 bits per heavy atom. The van der Waals surface area contributed by atoms with Crippen molar-refractivity contribution in [3.8, 4) is 0 Å². The van der Waals surface area contributed by atoms with E-state index >= 15 is 0 Å². The molecular formula is C18H24ClFN2O2. The summed E-state index contributed by atoms with van der Waals surface area (Å²) in [7, 11) is 0. The molecule has 1 amide bonds. The molecule has 1 aromatic carbocycles. The van der Waals surface area contributed by atoms with Gasteiger partial charge in [0.25, 0.3) is 0 Å². The van der Waals surface area contributed by atoms with E-state index in [0.29, 0.717) is 30.2 Å². The Bertz CT molecular complexity index is 696. The smallest absolute Gasteiger partial charge is 0.220 e. The number of hydrogen-bond acceptors (Lipinski definition) is 3. The average molecular weight is 355 g/mol. The number of carbonyl (C=O) groups excluding carboxylic acids is 1. The molecule has 1 saturated heterocycles. The van der Waals surface area contributed by atoms with Crippen LogP contribution in [-0.4, -0.2) is 19.0 Å². The number of hydrogen-bond donors (Lipinski definition) is 2. The summed E-state index contributed by atoms with van der Waals surface area (Å²) >= 11 is 0. The minimum Gasteiger partial charge on any atom is -0.459 e. The summed E-state index contributed by atoms with van der Waals surface area (Å²) in [4.78, 5) is 12.0. The SMILES string of the molecule is Cc1c(CNC(=O)CCC2CCNCC2)oc2ccc(F)cc12.Cl. The predicted molar refractivity (Wildman–Crippen MR) is 94.8 cm³/mol. The second-order valence-electron chi connectivity index (χ2n) is 6.30. The number of nitrogens with one attached hydrogen (secondary N) is 2. The zero-order valence-corrected chi connectivity index (χ0v) is 14.7. The van der Waals surface area contributed by atoms with Crippen LogP contribution in [0.15, 0.2) is 22.6 Å². The maximum absolute atomic E-state index is 13.3. The van der Waals surface area contributed by atoms with Gasteiger partial charge in [0.1, 0.15) is 17.2 Å². The molecule has 1 aromatic heterocycles. The van der Waals surface area contributed by atoms with E-state index in [1.807, 2.05) is 6.92 Å². The lowest BCUT2D eigenvalue weighted by molar-refractivity contribution is -0.121. The molecule has 0 bridgehead atoms. The van der Waals surface area contributed by atoms with Crippen molar-refractivity contribution in [1.29, 1.82) is 0 Å². The molecular weight excluding hydrogens is 331 g/mol. The van der Waals surface area contributed by atoms with Crippen LogP contribution in [0.3, 0.4) is 0 Å². The van der Waals surface area contributed by atoms with E-state index in [9.17, 15) is 9.18 Å². The minimum absolute atomic E-state index is 0. The molecule has 0 aliphatic carbocycles. The molecule has 1 aliphatic heterocycles. The van der Waals surface area contributed by atoms with Crippen LogP contribution in [0.5, 0.6) is 0 Å². The molecule has 0 radical (unpaired) electrons. The van der Waals surface area contributed by atoms with Crippen LogP contribution in [0.4, 0.5) is 4.39 Å². The van der Waals surface area contributed by atoms with Gasteiger partial charge in [-0.2, -0.15) is 0 Å². The van der Waals surface area contributed by atoms with E-state index in [1.54, 1.807) is 6.07 Å². The molecule has 0 saturated carbocycles. The molecule has 0 atom stereocenters. The monoisotopic (exact) mass is 354 g/mol. The Balaban J connectivity index is 0.00000208. The lowest BCUT2D eigenvalue weighted by Gasteiger charge is -2.22. The number of benzene rings is 1. The zero-order chi connectivity index (χ0) is 16.2. The van der Waals surface area contributed by atoms with Crippen LogP contribution in [0.2, 0.25) is 0 Å². The van der Waals surface area contributed by atoms with Crippen LogP contribution in [0, 0.1) is 18.7 Å². The number of aryl methyl sites for hydroxylation is 1. The van der Waals surface area contributed by atoms with E-state index in [4.69, 9.17) is 4.42 Å². The van der Waals surface area contributed by atoms with Gasteiger partial charge < -0.3 is 15.1 Å². The number of rotatable bonds is 5. The highest BCUT2D eigenvalue weighted by Crippen LogP contribution is 2.26. The van der Waals surface area contributed by atoms with Gasteiger partial charge in [0.15, 0.2) is 0 Å². The van der Waals surface area contributed by atoms with Gasteiger partial charge in [-0.1, -0.05) is 0 Å². The standard InChI is InChI=1S/C18H23FN2O2.ClH/c1-12-15-10-14(19)3-4-16(15)23-17(12)11-21-18(22)5-2-13-6-8-20-9-7-13;/h3-4,10,13,20H,2,5-9,11H2,1H3,(H,21,22);1H. The number of furan rings is 1. The summed E-state index contributed by atoms with van der Waals surface area (Å²) in [5.41, 5.74) is 1.54. The van der Waals surface area contributed by atoms with Gasteiger partial charge in [0.05, 0.1) is 6.54 Å². The van der Waals surface area contributed by atoms with E-state index in [1.165, 1.54) is 12.1 Å². The normalized spacial score (nSPS) is 15.2. The topological polar surface area (TPSA) is 54.3 Å². The fourth-order valence-corrected chi connectivity index (χ4v) is 3.19. The first-order chi connectivity index (χ1) is 11.1. The van der Waals surface area contributed by atoms with Gasteiger partial charge in [-0.3, -0.25) is 4.79 Å². The first-order valence-electron chi connectivity index (χ1n) is 8.28. The fourth-order valence-electron chi connectivity index (χ4n) is 3.19. The molecule has 2 N–H and O–H groups in total. The molecule has 3 rings (SSSR count). The van der Waals surface area contributed by atoms with Crippen molar-refractivity contribution in [3.63, 3.8) is 0 Å². The number of amides is 1. The number of fused-ring (bicyclic) bond motifs is 1. The highest BCUT2D eigenvalue weighted by atomic mass is 35.5. The highest BCUT2D eigenvalue weighted by Gasteiger charge is 2.15. The summed E-state index contributed by atoms with van der Waals surface area (Å²) in [6.07, 6.45) is 3.81. The van der Waals surface area contributed by atoms with Crippen molar-refractivity contribution < 1.29 is 13.6 Å². The summed E-state index contributed by atoms with van der Waals surface area (Å²) in [5.74, 6) is 1.12. The molecule has 2 heterocycles. The molecule has 132 valence electrons. The summed E-state index contributed by atoms with van der Waals surface area (Å²) in [6.45, 7) is 4.36. The summed E-state index contributed by atoms with van der Waals surface area (Å²) in [6, 6.07) is 4.48. The Hall–Kier alpha value is -1.59. The molecule has 1 fully saturated rings. The van der Waals surface area contributed by atoms with Crippen LogP contribution in [0.25, 0.3) is 11.0 Å². The number of piperidine rings is 1.